The number of hydrogen-bond acceptors (Lipinski definition) is 5. The molecule has 0 aliphatic heterocycles. The summed E-state index contributed by atoms with van der Waals surface area (Å²) in [6.07, 6.45) is 3.55. The minimum atomic E-state index is -0.893. The topological polar surface area (TPSA) is 121 Å². The normalized spacial score (nSPS) is 10.3. The van der Waals surface area contributed by atoms with Crippen molar-refractivity contribution >= 4 is 17.8 Å². The summed E-state index contributed by atoms with van der Waals surface area (Å²) in [6, 6.07) is 5.65. The first-order valence-corrected chi connectivity index (χ1v) is 8.31. The number of nitrogens with zero attached hydrogens (tertiary/aromatic N) is 2. The van der Waals surface area contributed by atoms with Crippen LogP contribution in [0.1, 0.15) is 45.8 Å². The van der Waals surface area contributed by atoms with Gasteiger partial charge in [0.1, 0.15) is 5.82 Å². The van der Waals surface area contributed by atoms with Crippen molar-refractivity contribution in [3.05, 3.63) is 59.4 Å². The molecule has 8 nitrogen and oxygen atoms in total. The van der Waals surface area contributed by atoms with Crippen molar-refractivity contribution in [3.63, 3.8) is 0 Å². The summed E-state index contributed by atoms with van der Waals surface area (Å²) in [4.78, 5) is 42.8. The lowest BCUT2D eigenvalue weighted by Crippen LogP contribution is -2.31. The van der Waals surface area contributed by atoms with Gasteiger partial charge in [0.25, 0.3) is 11.8 Å². The number of aromatic nitrogens is 2. The fourth-order valence-electron chi connectivity index (χ4n) is 2.23. The first kappa shape index (κ1) is 20.0. The lowest BCUT2D eigenvalue weighted by atomic mass is 10.2. The molecule has 0 unspecified atom stereocenters. The largest absolute Gasteiger partial charge is 0.481 e. The number of amides is 2. The van der Waals surface area contributed by atoms with Gasteiger partial charge in [-0.1, -0.05) is 12.1 Å². The number of carbonyl (C=O) groups is 3. The molecule has 0 atom stereocenters. The molecule has 0 bridgehead atoms. The first-order valence-electron chi connectivity index (χ1n) is 8.31. The van der Waals surface area contributed by atoms with Crippen LogP contribution in [0.4, 0.5) is 4.39 Å². The fraction of sp³-hybridized carbons (Fsp3) is 0.278. The van der Waals surface area contributed by atoms with Gasteiger partial charge in [0.05, 0.1) is 0 Å². The zero-order chi connectivity index (χ0) is 19.6. The molecular weight excluding hydrogens is 355 g/mol. The Balaban J connectivity index is 1.93. The van der Waals surface area contributed by atoms with E-state index in [9.17, 15) is 18.8 Å². The Labute approximate surface area is 154 Å². The minimum absolute atomic E-state index is 0.0258. The molecule has 1 heterocycles. The zero-order valence-corrected chi connectivity index (χ0v) is 14.4. The molecule has 0 saturated heterocycles. The van der Waals surface area contributed by atoms with E-state index < -0.39 is 17.8 Å². The highest BCUT2D eigenvalue weighted by molar-refractivity contribution is 6.04. The molecule has 0 spiro atoms. The van der Waals surface area contributed by atoms with E-state index in [1.54, 1.807) is 0 Å². The average molecular weight is 374 g/mol. The third-order valence-electron chi connectivity index (χ3n) is 3.60. The highest BCUT2D eigenvalue weighted by atomic mass is 19.1. The maximum absolute atomic E-state index is 12.9. The number of halogens is 1. The highest BCUT2D eigenvalue weighted by Crippen LogP contribution is 2.05. The molecule has 2 aromatic rings. The van der Waals surface area contributed by atoms with Crippen LogP contribution in [0, 0.1) is 5.82 Å². The standard InChI is InChI=1S/C18H19FN4O4/c19-13-6-4-12(5-7-13)11-23-18(27)16-15(20-9-10-21-16)17(26)22-8-2-1-3-14(24)25/h4-7,9-10H,1-3,8,11H2,(H,22,26)(H,23,27)(H,24,25). The minimum Gasteiger partial charge on any atom is -0.481 e. The number of carboxylic acids is 1. The summed E-state index contributed by atoms with van der Waals surface area (Å²) in [5.74, 6) is -2.41. The van der Waals surface area contributed by atoms with Crippen molar-refractivity contribution in [2.24, 2.45) is 0 Å². The van der Waals surface area contributed by atoms with Crippen LogP contribution in [0.15, 0.2) is 36.7 Å². The van der Waals surface area contributed by atoms with Gasteiger partial charge in [0, 0.05) is 31.9 Å². The van der Waals surface area contributed by atoms with E-state index in [-0.39, 0.29) is 36.7 Å². The Morgan fingerprint density at radius 2 is 1.52 bits per heavy atom. The molecule has 27 heavy (non-hydrogen) atoms. The SMILES string of the molecule is O=C(O)CCCCNC(=O)c1nccnc1C(=O)NCc1ccc(F)cc1. The number of rotatable bonds is 9. The zero-order valence-electron chi connectivity index (χ0n) is 14.4. The van der Waals surface area contributed by atoms with Gasteiger partial charge in [-0.2, -0.15) is 0 Å². The predicted molar refractivity (Wildman–Crippen MR) is 93.4 cm³/mol. The quantitative estimate of drug-likeness (QED) is 0.572. The van der Waals surface area contributed by atoms with Gasteiger partial charge >= 0.3 is 5.97 Å². The molecule has 1 aromatic carbocycles. The number of aliphatic carboxylic acids is 1. The Bertz CT molecular complexity index is 811. The molecule has 0 saturated carbocycles. The van der Waals surface area contributed by atoms with Crippen LogP contribution in [-0.2, 0) is 11.3 Å². The maximum Gasteiger partial charge on any atom is 0.303 e. The van der Waals surface area contributed by atoms with Crippen LogP contribution in [0.25, 0.3) is 0 Å². The Morgan fingerprint density at radius 3 is 2.11 bits per heavy atom. The number of unbranched alkanes of at least 4 members (excludes halogenated alkanes) is 1. The van der Waals surface area contributed by atoms with E-state index >= 15 is 0 Å². The van der Waals surface area contributed by atoms with E-state index in [0.717, 1.165) is 0 Å². The van der Waals surface area contributed by atoms with E-state index in [4.69, 9.17) is 5.11 Å². The molecule has 3 N–H and O–H groups in total. The molecule has 2 rings (SSSR count). The number of hydrogen-bond donors (Lipinski definition) is 3. The van der Waals surface area contributed by atoms with Gasteiger partial charge in [-0.3, -0.25) is 14.4 Å². The van der Waals surface area contributed by atoms with Crippen LogP contribution in [0.2, 0.25) is 0 Å². The Hall–Kier alpha value is -3.36. The van der Waals surface area contributed by atoms with E-state index in [1.807, 2.05) is 0 Å². The molecule has 2 amide bonds. The van der Waals surface area contributed by atoms with Crippen LogP contribution >= 0.6 is 0 Å². The van der Waals surface area contributed by atoms with Crippen molar-refractivity contribution in [3.8, 4) is 0 Å². The van der Waals surface area contributed by atoms with Crippen LogP contribution < -0.4 is 10.6 Å². The number of nitrogens with one attached hydrogen (secondary N) is 2. The third kappa shape index (κ3) is 6.46. The molecule has 0 aliphatic rings. The van der Waals surface area contributed by atoms with Crippen LogP contribution in [0.3, 0.4) is 0 Å². The highest BCUT2D eigenvalue weighted by Gasteiger charge is 2.19. The van der Waals surface area contributed by atoms with Gasteiger partial charge in [0.15, 0.2) is 11.4 Å². The summed E-state index contributed by atoms with van der Waals surface area (Å²) < 4.78 is 12.9. The maximum atomic E-state index is 12.9. The van der Waals surface area contributed by atoms with Crippen molar-refractivity contribution in [2.45, 2.75) is 25.8 Å². The van der Waals surface area contributed by atoms with Gasteiger partial charge in [-0.15, -0.1) is 0 Å². The van der Waals surface area contributed by atoms with Crippen molar-refractivity contribution in [1.82, 2.24) is 20.6 Å². The molecular formula is C18H19FN4O4. The van der Waals surface area contributed by atoms with Crippen molar-refractivity contribution in [1.29, 1.82) is 0 Å². The first-order chi connectivity index (χ1) is 13.0. The van der Waals surface area contributed by atoms with Gasteiger partial charge in [-0.25, -0.2) is 14.4 Å². The summed E-state index contributed by atoms with van der Waals surface area (Å²) >= 11 is 0. The predicted octanol–water partition coefficient (Wildman–Crippen LogP) is 1.53. The summed E-state index contributed by atoms with van der Waals surface area (Å²) in [6.45, 7) is 0.408. The monoisotopic (exact) mass is 374 g/mol. The third-order valence-corrected chi connectivity index (χ3v) is 3.60. The Morgan fingerprint density at radius 1 is 0.926 bits per heavy atom. The van der Waals surface area contributed by atoms with Crippen molar-refractivity contribution in [2.75, 3.05) is 6.54 Å². The summed E-state index contributed by atoms with van der Waals surface area (Å²) in [5.41, 5.74) is 0.452. The smallest absolute Gasteiger partial charge is 0.303 e. The van der Waals surface area contributed by atoms with E-state index in [0.29, 0.717) is 18.4 Å². The van der Waals surface area contributed by atoms with Gasteiger partial charge in [-0.05, 0) is 30.5 Å². The van der Waals surface area contributed by atoms with Crippen LogP contribution in [0.5, 0.6) is 0 Å². The average Bonchev–Trinajstić information content (AvgIpc) is 2.66. The summed E-state index contributed by atoms with van der Waals surface area (Å²) in [7, 11) is 0. The molecule has 0 radical (unpaired) electrons. The molecule has 0 fully saturated rings. The second-order valence-electron chi connectivity index (χ2n) is 5.67. The fourth-order valence-corrected chi connectivity index (χ4v) is 2.23. The number of carbonyl (C=O) groups excluding carboxylic acids is 2. The van der Waals surface area contributed by atoms with Gasteiger partial charge in [0.2, 0.25) is 0 Å². The lowest BCUT2D eigenvalue weighted by Gasteiger charge is -2.09. The van der Waals surface area contributed by atoms with Crippen LogP contribution in [-0.4, -0.2) is 39.4 Å². The van der Waals surface area contributed by atoms with Crippen molar-refractivity contribution < 1.29 is 23.9 Å². The summed E-state index contributed by atoms with van der Waals surface area (Å²) in [5, 5.41) is 13.8. The molecule has 1 aromatic heterocycles. The second kappa shape index (κ2) is 9.95. The Kier molecular flexibility index (Phi) is 7.36. The van der Waals surface area contributed by atoms with E-state index in [1.165, 1.54) is 36.7 Å². The molecule has 9 heteroatoms. The lowest BCUT2D eigenvalue weighted by molar-refractivity contribution is -0.137. The van der Waals surface area contributed by atoms with E-state index in [2.05, 4.69) is 20.6 Å². The molecule has 0 aliphatic carbocycles. The second-order valence-corrected chi connectivity index (χ2v) is 5.67. The van der Waals surface area contributed by atoms with Gasteiger partial charge < -0.3 is 15.7 Å². The molecule has 142 valence electrons. The number of benzene rings is 1. The number of carboxylic acid groups (broad SMARTS) is 1.